The first-order valence-corrected chi connectivity index (χ1v) is 18.7. The van der Waals surface area contributed by atoms with Crippen LogP contribution >= 0.6 is 0 Å². The number of aliphatic hydroxyl groups is 1. The molecule has 1 aromatic rings. The maximum Gasteiger partial charge on any atom is 0.245 e. The Kier molecular flexibility index (Phi) is 18.0. The maximum atomic E-state index is 14.1. The molecule has 0 bridgehead atoms. The predicted molar refractivity (Wildman–Crippen MR) is 200 cm³/mol. The number of nitrogens with zero attached hydrogens (tertiary/aromatic N) is 2. The largest absolute Gasteiger partial charge is 0.386 e. The Morgan fingerprint density at radius 2 is 1.53 bits per heavy atom. The molecule has 0 aromatic heterocycles. The zero-order chi connectivity index (χ0) is 38.6. The Morgan fingerprint density at radius 3 is 2.04 bits per heavy atom. The number of likely N-dealkylation sites (N-methyl/N-ethyl adjacent to an activating group) is 2. The van der Waals surface area contributed by atoms with Gasteiger partial charge >= 0.3 is 0 Å². The summed E-state index contributed by atoms with van der Waals surface area (Å²) in [7, 11) is 6.57. The average Bonchev–Trinajstić information content (AvgIpc) is 3.59. The van der Waals surface area contributed by atoms with Crippen LogP contribution in [0.2, 0.25) is 0 Å². The third-order valence-electron chi connectivity index (χ3n) is 10.7. The van der Waals surface area contributed by atoms with Crippen molar-refractivity contribution in [3.05, 3.63) is 35.9 Å². The summed E-state index contributed by atoms with van der Waals surface area (Å²) in [5, 5.41) is 19.8. The molecule has 1 fully saturated rings. The van der Waals surface area contributed by atoms with Gasteiger partial charge in [0.15, 0.2) is 0 Å². The van der Waals surface area contributed by atoms with E-state index in [1.54, 1.807) is 52.0 Å². The topological polar surface area (TPSA) is 150 Å². The molecular formula is C39H67N5O7. The summed E-state index contributed by atoms with van der Waals surface area (Å²) in [6.45, 7) is 15.9. The Morgan fingerprint density at radius 1 is 0.922 bits per heavy atom. The molecule has 10 atom stereocenters. The highest BCUT2D eigenvalue weighted by atomic mass is 16.5. The van der Waals surface area contributed by atoms with Crippen LogP contribution in [0.3, 0.4) is 0 Å². The van der Waals surface area contributed by atoms with Crippen molar-refractivity contribution in [2.24, 2.45) is 23.7 Å². The minimum absolute atomic E-state index is 0.0148. The van der Waals surface area contributed by atoms with Gasteiger partial charge in [-0.1, -0.05) is 85.2 Å². The van der Waals surface area contributed by atoms with Gasteiger partial charge in [0, 0.05) is 27.8 Å². The maximum absolute atomic E-state index is 14.1. The van der Waals surface area contributed by atoms with Gasteiger partial charge in [-0.15, -0.1) is 0 Å². The predicted octanol–water partition coefficient (Wildman–Crippen LogP) is 3.53. The molecule has 1 aliphatic heterocycles. The highest BCUT2D eigenvalue weighted by molar-refractivity contribution is 5.90. The van der Waals surface area contributed by atoms with Crippen molar-refractivity contribution in [1.82, 2.24) is 25.8 Å². The van der Waals surface area contributed by atoms with E-state index in [4.69, 9.17) is 9.47 Å². The zero-order valence-corrected chi connectivity index (χ0v) is 33.1. The first kappa shape index (κ1) is 44.1. The fourth-order valence-electron chi connectivity index (χ4n) is 7.42. The van der Waals surface area contributed by atoms with Gasteiger partial charge in [-0.25, -0.2) is 0 Å². The molecule has 12 nitrogen and oxygen atoms in total. The lowest BCUT2D eigenvalue weighted by molar-refractivity contribution is -0.148. The molecular weight excluding hydrogens is 650 g/mol. The van der Waals surface area contributed by atoms with Gasteiger partial charge in [0.2, 0.25) is 23.6 Å². The number of aliphatic hydroxyl groups excluding tert-OH is 1. The van der Waals surface area contributed by atoms with E-state index in [0.29, 0.717) is 18.5 Å². The third kappa shape index (κ3) is 11.5. The molecule has 1 saturated heterocycles. The Labute approximate surface area is 306 Å². The van der Waals surface area contributed by atoms with Crippen LogP contribution in [0, 0.1) is 23.7 Å². The van der Waals surface area contributed by atoms with Gasteiger partial charge in [0.1, 0.15) is 6.04 Å². The Bertz CT molecular complexity index is 1250. The highest BCUT2D eigenvalue weighted by Crippen LogP contribution is 2.30. The fraction of sp³-hybridized carbons (Fsp3) is 0.744. The van der Waals surface area contributed by atoms with Crippen LogP contribution < -0.4 is 16.0 Å². The second-order valence-corrected chi connectivity index (χ2v) is 15.0. The lowest BCUT2D eigenvalue weighted by Crippen LogP contribution is -2.59. The van der Waals surface area contributed by atoms with E-state index in [2.05, 4.69) is 16.0 Å². The van der Waals surface area contributed by atoms with Crippen molar-refractivity contribution < 1.29 is 33.8 Å². The number of methoxy groups -OCH3 is 2. The minimum atomic E-state index is -0.875. The van der Waals surface area contributed by atoms with Gasteiger partial charge in [-0.2, -0.15) is 0 Å². The van der Waals surface area contributed by atoms with Gasteiger partial charge < -0.3 is 40.3 Å². The summed E-state index contributed by atoms with van der Waals surface area (Å²) >= 11 is 0. The van der Waals surface area contributed by atoms with Gasteiger partial charge in [0.05, 0.1) is 54.8 Å². The van der Waals surface area contributed by atoms with Crippen LogP contribution in [0.5, 0.6) is 0 Å². The van der Waals surface area contributed by atoms with Crippen molar-refractivity contribution in [2.75, 3.05) is 34.9 Å². The second kappa shape index (κ2) is 20.8. The van der Waals surface area contributed by atoms with Gasteiger partial charge in [-0.3, -0.25) is 19.2 Å². The molecule has 0 saturated carbocycles. The van der Waals surface area contributed by atoms with Crippen LogP contribution in [0.15, 0.2) is 30.3 Å². The average molecular weight is 718 g/mol. The van der Waals surface area contributed by atoms with E-state index in [1.807, 2.05) is 71.9 Å². The van der Waals surface area contributed by atoms with Gasteiger partial charge in [0.25, 0.3) is 0 Å². The molecule has 2 rings (SSSR count). The number of carbonyl (C=O) groups is 4. The van der Waals surface area contributed by atoms with Gasteiger partial charge in [-0.05, 0) is 50.1 Å². The summed E-state index contributed by atoms with van der Waals surface area (Å²) in [5.41, 5.74) is 0.711. The molecule has 0 radical (unpaired) electrons. The Balaban J connectivity index is 2.24. The van der Waals surface area contributed by atoms with Crippen molar-refractivity contribution in [3.63, 3.8) is 0 Å². The van der Waals surface area contributed by atoms with Crippen molar-refractivity contribution >= 4 is 23.6 Å². The monoisotopic (exact) mass is 718 g/mol. The van der Waals surface area contributed by atoms with E-state index in [0.717, 1.165) is 12.8 Å². The summed E-state index contributed by atoms with van der Waals surface area (Å²) in [6, 6.07) is 6.67. The van der Waals surface area contributed by atoms with E-state index < -0.39 is 48.4 Å². The van der Waals surface area contributed by atoms with E-state index >= 15 is 0 Å². The highest BCUT2D eigenvalue weighted by Gasteiger charge is 2.43. The number of rotatable bonds is 20. The molecule has 0 aliphatic carbocycles. The molecule has 4 amide bonds. The third-order valence-corrected chi connectivity index (χ3v) is 10.7. The number of amides is 4. The number of hydrogen-bond acceptors (Lipinski definition) is 8. The summed E-state index contributed by atoms with van der Waals surface area (Å²) in [4.78, 5) is 58.3. The normalized spacial score (nSPS) is 20.1. The van der Waals surface area contributed by atoms with Crippen LogP contribution in [0.1, 0.15) is 92.7 Å². The van der Waals surface area contributed by atoms with E-state index in [9.17, 15) is 24.3 Å². The van der Waals surface area contributed by atoms with E-state index in [-0.39, 0.29) is 53.8 Å². The molecule has 4 N–H and O–H groups in total. The SMILES string of the molecule is CC[C@H](C)[C@@H]([C@@H](CC(=O)N1CCC[C@H]1C(OC)[C@@H](C)C(=O)N[C@H](C)C(O)c1ccccc1)OC)N(C)C(=O)[C@@H](NC(=O)[C@@H](NC)C(C)C)C(C)C. The first-order chi connectivity index (χ1) is 24.0. The summed E-state index contributed by atoms with van der Waals surface area (Å²) in [6.07, 6.45) is 0.147. The molecule has 0 spiro atoms. The van der Waals surface area contributed by atoms with Crippen molar-refractivity contribution in [2.45, 2.75) is 130 Å². The first-order valence-electron chi connectivity index (χ1n) is 18.7. The lowest BCUT2D eigenvalue weighted by atomic mass is 9.89. The lowest BCUT2D eigenvalue weighted by Gasteiger charge is -2.41. The minimum Gasteiger partial charge on any atom is -0.386 e. The fourth-order valence-corrected chi connectivity index (χ4v) is 7.42. The molecule has 2 unspecified atom stereocenters. The molecule has 290 valence electrons. The van der Waals surface area contributed by atoms with Crippen LogP contribution in [0.4, 0.5) is 0 Å². The van der Waals surface area contributed by atoms with Crippen LogP contribution in [-0.2, 0) is 28.7 Å². The Hall–Kier alpha value is -3.06. The summed E-state index contributed by atoms with van der Waals surface area (Å²) < 4.78 is 11.9. The number of carbonyl (C=O) groups excluding carboxylic acids is 4. The van der Waals surface area contributed by atoms with Crippen LogP contribution in [-0.4, -0.2) is 116 Å². The smallest absolute Gasteiger partial charge is 0.245 e. The molecule has 51 heavy (non-hydrogen) atoms. The zero-order valence-electron chi connectivity index (χ0n) is 33.1. The number of ether oxygens (including phenoxy) is 2. The van der Waals surface area contributed by atoms with E-state index in [1.165, 1.54) is 0 Å². The number of nitrogens with one attached hydrogen (secondary N) is 3. The molecule has 1 aromatic carbocycles. The number of benzene rings is 1. The molecule has 1 heterocycles. The summed E-state index contributed by atoms with van der Waals surface area (Å²) in [5.74, 6) is -1.62. The number of likely N-dealkylation sites (tertiary alicyclic amines) is 1. The molecule has 12 heteroatoms. The molecule has 1 aliphatic rings. The van der Waals surface area contributed by atoms with Crippen LogP contribution in [0.25, 0.3) is 0 Å². The van der Waals surface area contributed by atoms with Crippen molar-refractivity contribution in [3.8, 4) is 0 Å². The quantitative estimate of drug-likeness (QED) is 0.160. The second-order valence-electron chi connectivity index (χ2n) is 15.0. The standard InChI is InChI=1S/C39H67N5O7/c1-13-25(6)34(43(10)39(49)33(24(4)5)42-38(48)32(40-9)23(2)3)30(50-11)22-31(45)44-21-17-20-29(44)36(51-12)26(7)37(47)41-27(8)35(46)28-18-15-14-16-19-28/h14-16,18-19,23-27,29-30,32-36,40,46H,13,17,20-22H2,1-12H3,(H,41,47)(H,42,48)/t25-,26+,27+,29-,30+,32-,33-,34-,35?,36?/m0/s1. The number of hydrogen-bond donors (Lipinski definition) is 4. The van der Waals surface area contributed by atoms with Crippen molar-refractivity contribution in [1.29, 1.82) is 0 Å².